The first kappa shape index (κ1) is 13.0. The number of aromatic nitrogens is 1. The van der Waals surface area contributed by atoms with Crippen LogP contribution in [0.5, 0.6) is 0 Å². The number of nitrogens with zero attached hydrogens (tertiary/aromatic N) is 2. The van der Waals surface area contributed by atoms with E-state index >= 15 is 0 Å². The van der Waals surface area contributed by atoms with Gasteiger partial charge in [0.05, 0.1) is 10.6 Å². The molecule has 1 aromatic carbocycles. The van der Waals surface area contributed by atoms with Crippen LogP contribution in [0.4, 0.5) is 11.4 Å². The number of nitro benzene ring substituents is 1. The summed E-state index contributed by atoms with van der Waals surface area (Å²) in [5, 5.41) is 14.2. The molecule has 0 aliphatic rings. The van der Waals surface area contributed by atoms with Crippen LogP contribution in [0.1, 0.15) is 24.1 Å². The van der Waals surface area contributed by atoms with Crippen molar-refractivity contribution in [1.82, 2.24) is 4.98 Å². The van der Waals surface area contributed by atoms with Gasteiger partial charge in [-0.15, -0.1) is 0 Å². The van der Waals surface area contributed by atoms with E-state index in [2.05, 4.69) is 10.3 Å². The minimum atomic E-state index is -0.352. The standard InChI is InChI=1S/C14H15N3O2/c1-10-5-6-12(8-14(10)17(18)19)11(2)16-13-4-3-7-15-9-13/h3-9,11,16H,1-2H3. The number of pyridine rings is 1. The van der Waals surface area contributed by atoms with Crippen molar-refractivity contribution in [2.24, 2.45) is 0 Å². The first-order chi connectivity index (χ1) is 9.08. The van der Waals surface area contributed by atoms with Crippen molar-refractivity contribution >= 4 is 11.4 Å². The highest BCUT2D eigenvalue weighted by molar-refractivity contribution is 5.47. The Kier molecular flexibility index (Phi) is 3.75. The molecule has 0 saturated carbocycles. The summed E-state index contributed by atoms with van der Waals surface area (Å²) in [5.41, 5.74) is 2.58. The predicted octanol–water partition coefficient (Wildman–Crippen LogP) is 3.47. The minimum absolute atomic E-state index is 0.0245. The molecule has 2 aromatic rings. The van der Waals surface area contributed by atoms with Crippen LogP contribution in [-0.2, 0) is 0 Å². The number of anilines is 1. The highest BCUT2D eigenvalue weighted by atomic mass is 16.6. The van der Waals surface area contributed by atoms with Crippen LogP contribution in [0.15, 0.2) is 42.7 Å². The zero-order valence-corrected chi connectivity index (χ0v) is 10.8. The summed E-state index contributed by atoms with van der Waals surface area (Å²) in [6.07, 6.45) is 3.42. The number of hydrogen-bond acceptors (Lipinski definition) is 4. The molecule has 0 fully saturated rings. The van der Waals surface area contributed by atoms with Gasteiger partial charge < -0.3 is 5.32 Å². The molecule has 0 amide bonds. The predicted molar refractivity (Wildman–Crippen MR) is 74.1 cm³/mol. The molecule has 5 heteroatoms. The van der Waals surface area contributed by atoms with E-state index in [0.29, 0.717) is 5.56 Å². The van der Waals surface area contributed by atoms with Gasteiger partial charge >= 0.3 is 0 Å². The fourth-order valence-electron chi connectivity index (χ4n) is 1.87. The maximum Gasteiger partial charge on any atom is 0.272 e. The van der Waals surface area contributed by atoms with Gasteiger partial charge in [0.25, 0.3) is 5.69 Å². The zero-order chi connectivity index (χ0) is 13.8. The van der Waals surface area contributed by atoms with Gasteiger partial charge in [-0.25, -0.2) is 0 Å². The van der Waals surface area contributed by atoms with E-state index in [4.69, 9.17) is 0 Å². The number of aryl methyl sites for hydroxylation is 1. The van der Waals surface area contributed by atoms with E-state index in [1.807, 2.05) is 25.1 Å². The van der Waals surface area contributed by atoms with Gasteiger partial charge in [0.1, 0.15) is 0 Å². The van der Waals surface area contributed by atoms with Crippen molar-refractivity contribution in [3.05, 3.63) is 64.0 Å². The third-order valence-corrected chi connectivity index (χ3v) is 2.97. The Morgan fingerprint density at radius 1 is 1.37 bits per heavy atom. The minimum Gasteiger partial charge on any atom is -0.377 e. The number of rotatable bonds is 4. The van der Waals surface area contributed by atoms with Crippen LogP contribution >= 0.6 is 0 Å². The molecule has 2 rings (SSSR count). The summed E-state index contributed by atoms with van der Waals surface area (Å²) >= 11 is 0. The van der Waals surface area contributed by atoms with Crippen LogP contribution in [-0.4, -0.2) is 9.91 Å². The van der Waals surface area contributed by atoms with Crippen LogP contribution in [0, 0.1) is 17.0 Å². The van der Waals surface area contributed by atoms with Crippen molar-refractivity contribution in [2.45, 2.75) is 19.9 Å². The first-order valence-electron chi connectivity index (χ1n) is 5.99. The molecule has 0 bridgehead atoms. The topological polar surface area (TPSA) is 68.1 Å². The largest absolute Gasteiger partial charge is 0.377 e. The zero-order valence-electron chi connectivity index (χ0n) is 10.8. The molecule has 1 unspecified atom stereocenters. The van der Waals surface area contributed by atoms with Crippen LogP contribution in [0.3, 0.4) is 0 Å². The maximum atomic E-state index is 10.9. The van der Waals surface area contributed by atoms with Gasteiger partial charge in [0.2, 0.25) is 0 Å². The molecule has 1 atom stereocenters. The Bertz CT molecular complexity index is 584. The second kappa shape index (κ2) is 5.48. The molecule has 5 nitrogen and oxygen atoms in total. The van der Waals surface area contributed by atoms with Gasteiger partial charge in [0.15, 0.2) is 0 Å². The highest BCUT2D eigenvalue weighted by Crippen LogP contribution is 2.25. The third kappa shape index (κ3) is 3.07. The molecule has 19 heavy (non-hydrogen) atoms. The van der Waals surface area contributed by atoms with E-state index in [0.717, 1.165) is 11.3 Å². The number of hydrogen-bond donors (Lipinski definition) is 1. The smallest absolute Gasteiger partial charge is 0.272 e. The van der Waals surface area contributed by atoms with Crippen molar-refractivity contribution in [3.63, 3.8) is 0 Å². The van der Waals surface area contributed by atoms with Crippen molar-refractivity contribution in [3.8, 4) is 0 Å². The Morgan fingerprint density at radius 3 is 2.79 bits per heavy atom. The first-order valence-corrected chi connectivity index (χ1v) is 5.99. The molecule has 98 valence electrons. The lowest BCUT2D eigenvalue weighted by Gasteiger charge is -2.15. The van der Waals surface area contributed by atoms with Gasteiger partial charge in [-0.05, 0) is 31.5 Å². The molecule has 0 aliphatic heterocycles. The summed E-state index contributed by atoms with van der Waals surface area (Å²) in [5.74, 6) is 0. The number of nitrogens with one attached hydrogen (secondary N) is 1. The second-order valence-electron chi connectivity index (χ2n) is 4.41. The van der Waals surface area contributed by atoms with Crippen molar-refractivity contribution in [1.29, 1.82) is 0 Å². The summed E-state index contributed by atoms with van der Waals surface area (Å²) in [7, 11) is 0. The van der Waals surface area contributed by atoms with Gasteiger partial charge in [-0.1, -0.05) is 12.1 Å². The fourth-order valence-corrected chi connectivity index (χ4v) is 1.87. The van der Waals surface area contributed by atoms with Gasteiger partial charge in [-0.2, -0.15) is 0 Å². The molecule has 0 spiro atoms. The van der Waals surface area contributed by atoms with Crippen LogP contribution in [0.2, 0.25) is 0 Å². The summed E-state index contributed by atoms with van der Waals surface area (Å²) in [6.45, 7) is 3.70. The molecule has 1 N–H and O–H groups in total. The van der Waals surface area contributed by atoms with E-state index < -0.39 is 0 Å². The monoisotopic (exact) mass is 257 g/mol. The van der Waals surface area contributed by atoms with Crippen LogP contribution in [0.25, 0.3) is 0 Å². The highest BCUT2D eigenvalue weighted by Gasteiger charge is 2.14. The molecule has 1 aromatic heterocycles. The molecule has 1 heterocycles. The van der Waals surface area contributed by atoms with Gasteiger partial charge in [-0.3, -0.25) is 15.1 Å². The van der Waals surface area contributed by atoms with Gasteiger partial charge in [0, 0.05) is 30.1 Å². The summed E-state index contributed by atoms with van der Waals surface area (Å²) in [6, 6.07) is 9.01. The van der Waals surface area contributed by atoms with E-state index in [1.165, 1.54) is 0 Å². The van der Waals surface area contributed by atoms with E-state index in [9.17, 15) is 10.1 Å². The summed E-state index contributed by atoms with van der Waals surface area (Å²) in [4.78, 5) is 14.6. The lowest BCUT2D eigenvalue weighted by atomic mass is 10.0. The molecular formula is C14H15N3O2. The lowest BCUT2D eigenvalue weighted by molar-refractivity contribution is -0.385. The normalized spacial score (nSPS) is 11.9. The van der Waals surface area contributed by atoms with E-state index in [-0.39, 0.29) is 16.7 Å². The average molecular weight is 257 g/mol. The van der Waals surface area contributed by atoms with Crippen LogP contribution < -0.4 is 5.32 Å². The third-order valence-electron chi connectivity index (χ3n) is 2.97. The number of nitro groups is 1. The Balaban J connectivity index is 2.22. The van der Waals surface area contributed by atoms with Crippen molar-refractivity contribution in [2.75, 3.05) is 5.32 Å². The van der Waals surface area contributed by atoms with Crippen molar-refractivity contribution < 1.29 is 4.92 Å². The Labute approximate surface area is 111 Å². The number of benzene rings is 1. The molecule has 0 saturated heterocycles. The molecule has 0 aliphatic carbocycles. The maximum absolute atomic E-state index is 10.9. The molecule has 0 radical (unpaired) electrons. The Hall–Kier alpha value is -2.43. The molecular weight excluding hydrogens is 242 g/mol. The second-order valence-corrected chi connectivity index (χ2v) is 4.41. The fraction of sp³-hybridized carbons (Fsp3) is 0.214. The Morgan fingerprint density at radius 2 is 2.16 bits per heavy atom. The average Bonchev–Trinajstić information content (AvgIpc) is 2.40. The quantitative estimate of drug-likeness (QED) is 0.672. The summed E-state index contributed by atoms with van der Waals surface area (Å²) < 4.78 is 0. The SMILES string of the molecule is Cc1ccc(C(C)Nc2cccnc2)cc1[N+](=O)[O-]. The van der Waals surface area contributed by atoms with E-state index in [1.54, 1.807) is 31.5 Å². The lowest BCUT2D eigenvalue weighted by Crippen LogP contribution is -2.07.